The Balaban J connectivity index is 1.84. The molecule has 2 aromatic rings. The molecule has 25 heavy (non-hydrogen) atoms. The van der Waals surface area contributed by atoms with Gasteiger partial charge in [0.2, 0.25) is 11.8 Å². The number of rotatable bonds is 3. The fraction of sp³-hybridized carbons (Fsp3) is 0.238. The van der Waals surface area contributed by atoms with Crippen LogP contribution in [0.3, 0.4) is 0 Å². The molecule has 1 atom stereocenters. The maximum absolute atomic E-state index is 12.6. The number of nitrogens with one attached hydrogen (secondary N) is 1. The topological polar surface area (TPSA) is 49.4 Å². The van der Waals surface area contributed by atoms with Crippen molar-refractivity contribution in [1.29, 1.82) is 0 Å². The van der Waals surface area contributed by atoms with Gasteiger partial charge in [-0.05, 0) is 48.2 Å². The number of benzene rings is 2. The van der Waals surface area contributed by atoms with Gasteiger partial charge in [-0.1, -0.05) is 36.4 Å². The number of amides is 2. The summed E-state index contributed by atoms with van der Waals surface area (Å²) in [5.41, 5.74) is 5.05. The van der Waals surface area contributed by atoms with E-state index in [4.69, 9.17) is 0 Å². The number of hydrogen-bond acceptors (Lipinski definition) is 2. The molecular formula is C21H22N2O2. The molecule has 0 fully saturated rings. The molecule has 3 rings (SSSR count). The van der Waals surface area contributed by atoms with E-state index in [0.717, 1.165) is 27.9 Å². The lowest BCUT2D eigenvalue weighted by molar-refractivity contribution is -0.129. The summed E-state index contributed by atoms with van der Waals surface area (Å²) < 4.78 is 0. The first kappa shape index (κ1) is 17.0. The van der Waals surface area contributed by atoms with Crippen LogP contribution in [0.25, 0.3) is 6.08 Å². The lowest BCUT2D eigenvalue weighted by Gasteiger charge is -2.32. The summed E-state index contributed by atoms with van der Waals surface area (Å²) in [7, 11) is 0. The molecule has 0 aromatic heterocycles. The molecule has 2 aromatic carbocycles. The molecule has 128 valence electrons. The largest absolute Gasteiger partial charge is 0.326 e. The van der Waals surface area contributed by atoms with Crippen LogP contribution in [0, 0.1) is 13.8 Å². The molecule has 1 unspecified atom stereocenters. The molecule has 1 aliphatic rings. The van der Waals surface area contributed by atoms with Gasteiger partial charge in [-0.2, -0.15) is 0 Å². The Morgan fingerprint density at radius 1 is 1.08 bits per heavy atom. The van der Waals surface area contributed by atoms with Gasteiger partial charge < -0.3 is 10.2 Å². The summed E-state index contributed by atoms with van der Waals surface area (Å²) in [5.74, 6) is -0.176. The fourth-order valence-corrected chi connectivity index (χ4v) is 3.18. The van der Waals surface area contributed by atoms with Gasteiger partial charge in [-0.25, -0.2) is 0 Å². The zero-order valence-corrected chi connectivity index (χ0v) is 14.7. The number of hydrogen-bond donors (Lipinski definition) is 1. The summed E-state index contributed by atoms with van der Waals surface area (Å²) in [5, 5.41) is 2.99. The van der Waals surface area contributed by atoms with Crippen LogP contribution in [0.5, 0.6) is 0 Å². The van der Waals surface area contributed by atoms with Crippen molar-refractivity contribution in [3.63, 3.8) is 0 Å². The molecule has 1 aliphatic heterocycles. The first-order valence-corrected chi connectivity index (χ1v) is 8.39. The molecule has 0 saturated heterocycles. The molecule has 0 aliphatic carbocycles. The normalized spacial score (nSPS) is 15.6. The Kier molecular flexibility index (Phi) is 4.70. The van der Waals surface area contributed by atoms with Crippen LogP contribution in [0.4, 0.5) is 5.69 Å². The van der Waals surface area contributed by atoms with Gasteiger partial charge in [0.05, 0.1) is 12.5 Å². The van der Waals surface area contributed by atoms with Crippen LogP contribution in [-0.4, -0.2) is 16.7 Å². The Morgan fingerprint density at radius 3 is 2.60 bits per heavy atom. The zero-order chi connectivity index (χ0) is 18.0. The van der Waals surface area contributed by atoms with E-state index >= 15 is 0 Å². The van der Waals surface area contributed by atoms with Gasteiger partial charge in [-0.3, -0.25) is 9.59 Å². The number of carbonyl (C=O) groups is 2. The Labute approximate surface area is 148 Å². The second-order valence-corrected chi connectivity index (χ2v) is 6.39. The van der Waals surface area contributed by atoms with Crippen LogP contribution < -0.4 is 5.32 Å². The lowest BCUT2D eigenvalue weighted by atomic mass is 9.93. The summed E-state index contributed by atoms with van der Waals surface area (Å²) in [6.45, 7) is 5.53. The van der Waals surface area contributed by atoms with E-state index in [9.17, 15) is 9.59 Å². The van der Waals surface area contributed by atoms with Crippen molar-refractivity contribution in [3.8, 4) is 0 Å². The van der Waals surface area contributed by atoms with Gasteiger partial charge in [0.15, 0.2) is 0 Å². The van der Waals surface area contributed by atoms with Crippen LogP contribution in [-0.2, 0) is 9.59 Å². The summed E-state index contributed by atoms with van der Waals surface area (Å²) >= 11 is 0. The standard InChI is InChI=1S/C21H22N2O2/c1-14-7-6-10-19(15(14)2)22-21(25)13-20-18-9-5-4-8-17(18)11-12-23(20)16(3)24/h4-12,20H,13H2,1-3H3,(H,22,25). The molecule has 0 bridgehead atoms. The van der Waals surface area contributed by atoms with Crippen molar-refractivity contribution in [2.24, 2.45) is 0 Å². The minimum absolute atomic E-state index is 0.0738. The molecule has 4 heteroatoms. The van der Waals surface area contributed by atoms with Gasteiger partial charge >= 0.3 is 0 Å². The third-order valence-corrected chi connectivity index (χ3v) is 4.73. The summed E-state index contributed by atoms with van der Waals surface area (Å²) in [6.07, 6.45) is 3.89. The number of fused-ring (bicyclic) bond motifs is 1. The molecule has 0 saturated carbocycles. The van der Waals surface area contributed by atoms with Gasteiger partial charge in [0.1, 0.15) is 0 Å². The summed E-state index contributed by atoms with van der Waals surface area (Å²) in [6, 6.07) is 13.4. The van der Waals surface area contributed by atoms with Crippen molar-refractivity contribution < 1.29 is 9.59 Å². The predicted octanol–water partition coefficient (Wildman–Crippen LogP) is 4.21. The van der Waals surface area contributed by atoms with Crippen LogP contribution >= 0.6 is 0 Å². The maximum atomic E-state index is 12.6. The monoisotopic (exact) mass is 334 g/mol. The predicted molar refractivity (Wildman–Crippen MR) is 99.9 cm³/mol. The van der Waals surface area contributed by atoms with Crippen LogP contribution in [0.15, 0.2) is 48.7 Å². The summed E-state index contributed by atoms with van der Waals surface area (Å²) in [4.78, 5) is 26.3. The minimum atomic E-state index is -0.288. The second kappa shape index (κ2) is 6.93. The molecule has 0 radical (unpaired) electrons. The van der Waals surface area contributed by atoms with Gasteiger partial charge in [0.25, 0.3) is 0 Å². The van der Waals surface area contributed by atoms with E-state index in [1.54, 1.807) is 11.1 Å². The van der Waals surface area contributed by atoms with E-state index in [1.807, 2.05) is 62.4 Å². The van der Waals surface area contributed by atoms with E-state index in [2.05, 4.69) is 5.32 Å². The first-order valence-electron chi connectivity index (χ1n) is 8.39. The third kappa shape index (κ3) is 3.48. The lowest BCUT2D eigenvalue weighted by Crippen LogP contribution is -2.33. The highest BCUT2D eigenvalue weighted by Gasteiger charge is 2.28. The smallest absolute Gasteiger partial charge is 0.226 e. The quantitative estimate of drug-likeness (QED) is 0.914. The van der Waals surface area contributed by atoms with Crippen molar-refractivity contribution in [2.45, 2.75) is 33.2 Å². The number of carbonyl (C=O) groups excluding carboxylic acids is 2. The van der Waals surface area contributed by atoms with E-state index in [0.29, 0.717) is 0 Å². The van der Waals surface area contributed by atoms with Crippen LogP contribution in [0.2, 0.25) is 0 Å². The average molecular weight is 334 g/mol. The van der Waals surface area contributed by atoms with E-state index in [1.165, 1.54) is 6.92 Å². The Morgan fingerprint density at radius 2 is 1.84 bits per heavy atom. The van der Waals surface area contributed by atoms with E-state index < -0.39 is 0 Å². The van der Waals surface area contributed by atoms with Crippen molar-refractivity contribution in [2.75, 3.05) is 5.32 Å². The highest BCUT2D eigenvalue weighted by atomic mass is 16.2. The third-order valence-electron chi connectivity index (χ3n) is 4.73. The molecule has 4 nitrogen and oxygen atoms in total. The molecule has 2 amide bonds. The highest BCUT2D eigenvalue weighted by Crippen LogP contribution is 2.33. The molecule has 0 spiro atoms. The highest BCUT2D eigenvalue weighted by molar-refractivity contribution is 5.93. The maximum Gasteiger partial charge on any atom is 0.226 e. The van der Waals surface area contributed by atoms with Gasteiger partial charge in [0, 0.05) is 18.8 Å². The van der Waals surface area contributed by atoms with Gasteiger partial charge in [-0.15, -0.1) is 0 Å². The Bertz CT molecular complexity index is 855. The number of nitrogens with zero attached hydrogens (tertiary/aromatic N) is 1. The van der Waals surface area contributed by atoms with Crippen LogP contribution in [0.1, 0.15) is 41.6 Å². The molecule has 1 heterocycles. The Hall–Kier alpha value is -2.88. The number of aryl methyl sites for hydroxylation is 1. The number of anilines is 1. The zero-order valence-electron chi connectivity index (χ0n) is 14.7. The van der Waals surface area contributed by atoms with Crippen molar-refractivity contribution in [3.05, 3.63) is 70.9 Å². The molecule has 1 N–H and O–H groups in total. The fourth-order valence-electron chi connectivity index (χ4n) is 3.18. The van der Waals surface area contributed by atoms with E-state index in [-0.39, 0.29) is 24.3 Å². The van der Waals surface area contributed by atoms with Crippen molar-refractivity contribution >= 4 is 23.6 Å². The SMILES string of the molecule is CC(=O)N1C=Cc2ccccc2C1CC(=O)Nc1cccc(C)c1C. The molecular weight excluding hydrogens is 312 g/mol. The second-order valence-electron chi connectivity index (χ2n) is 6.39. The minimum Gasteiger partial charge on any atom is -0.326 e. The van der Waals surface area contributed by atoms with Crippen molar-refractivity contribution in [1.82, 2.24) is 4.90 Å². The first-order chi connectivity index (χ1) is 12.0. The average Bonchev–Trinajstić information content (AvgIpc) is 2.59.